The summed E-state index contributed by atoms with van der Waals surface area (Å²) < 4.78 is 4.46. The number of aromatic nitrogens is 1. The Morgan fingerprint density at radius 2 is 2.12 bits per heavy atom. The molecule has 2 unspecified atom stereocenters. The summed E-state index contributed by atoms with van der Waals surface area (Å²) in [6.45, 7) is 0. The third-order valence-corrected chi connectivity index (χ3v) is 2.14. The number of methoxy groups -OCH3 is 1. The summed E-state index contributed by atoms with van der Waals surface area (Å²) >= 11 is 0. The van der Waals surface area contributed by atoms with Crippen LogP contribution in [0.2, 0.25) is 0 Å². The summed E-state index contributed by atoms with van der Waals surface area (Å²) in [5.74, 6) is -1.91. The standard InChI is InChI=1S/C10H12N2O5/c1-17-10(16)5-2-3-6(12-4-5)8(13)7(11)9(14)15/h2-4,7-8,13H,11H2,1H3,(H,14,15). The van der Waals surface area contributed by atoms with Crippen molar-refractivity contribution < 1.29 is 24.5 Å². The normalized spacial score (nSPS) is 13.8. The van der Waals surface area contributed by atoms with E-state index in [9.17, 15) is 14.7 Å². The molecule has 0 aliphatic carbocycles. The maximum atomic E-state index is 11.1. The smallest absolute Gasteiger partial charge is 0.339 e. The summed E-state index contributed by atoms with van der Waals surface area (Å²) in [5, 5.41) is 18.2. The fourth-order valence-corrected chi connectivity index (χ4v) is 1.14. The molecule has 7 nitrogen and oxygen atoms in total. The second-order valence-corrected chi connectivity index (χ2v) is 3.27. The summed E-state index contributed by atoms with van der Waals surface area (Å²) in [6.07, 6.45) is -0.252. The zero-order valence-electron chi connectivity index (χ0n) is 9.03. The van der Waals surface area contributed by atoms with E-state index in [0.717, 1.165) is 0 Å². The van der Waals surface area contributed by atoms with Crippen LogP contribution in [0.5, 0.6) is 0 Å². The highest BCUT2D eigenvalue weighted by Gasteiger charge is 2.24. The third kappa shape index (κ3) is 2.99. The van der Waals surface area contributed by atoms with E-state index in [0.29, 0.717) is 0 Å². The van der Waals surface area contributed by atoms with Gasteiger partial charge in [-0.15, -0.1) is 0 Å². The van der Waals surface area contributed by atoms with E-state index in [4.69, 9.17) is 10.8 Å². The molecule has 1 aromatic rings. The number of aliphatic hydroxyl groups is 1. The number of rotatable bonds is 4. The van der Waals surface area contributed by atoms with Crippen LogP contribution >= 0.6 is 0 Å². The van der Waals surface area contributed by atoms with Crippen molar-refractivity contribution in [3.63, 3.8) is 0 Å². The van der Waals surface area contributed by atoms with Gasteiger partial charge in [-0.25, -0.2) is 4.79 Å². The van der Waals surface area contributed by atoms with Crippen molar-refractivity contribution in [2.75, 3.05) is 7.11 Å². The Hall–Kier alpha value is -1.99. The SMILES string of the molecule is COC(=O)c1ccc(C(O)C(N)C(=O)O)nc1. The Labute approximate surface area is 96.8 Å². The zero-order chi connectivity index (χ0) is 13.0. The third-order valence-electron chi connectivity index (χ3n) is 2.14. The number of esters is 1. The maximum absolute atomic E-state index is 11.1. The van der Waals surface area contributed by atoms with Crippen LogP contribution < -0.4 is 5.73 Å². The Kier molecular flexibility index (Phi) is 4.13. The minimum atomic E-state index is -1.47. The van der Waals surface area contributed by atoms with Crippen LogP contribution in [0.25, 0.3) is 0 Å². The van der Waals surface area contributed by atoms with Gasteiger partial charge >= 0.3 is 11.9 Å². The number of hydrogen-bond donors (Lipinski definition) is 3. The number of nitrogens with two attached hydrogens (primary N) is 1. The number of carboxylic acids is 1. The van der Waals surface area contributed by atoms with Gasteiger partial charge in [0, 0.05) is 6.20 Å². The number of aliphatic carboxylic acids is 1. The molecule has 0 aromatic carbocycles. The molecule has 92 valence electrons. The summed E-state index contributed by atoms with van der Waals surface area (Å²) in [4.78, 5) is 25.4. The van der Waals surface area contributed by atoms with Gasteiger partial charge in [-0.3, -0.25) is 9.78 Å². The number of hydrogen-bond acceptors (Lipinski definition) is 6. The Morgan fingerprint density at radius 3 is 2.53 bits per heavy atom. The number of ether oxygens (including phenoxy) is 1. The summed E-state index contributed by atoms with van der Waals surface area (Å²) in [7, 11) is 1.23. The highest BCUT2D eigenvalue weighted by molar-refractivity contribution is 5.88. The first-order valence-corrected chi connectivity index (χ1v) is 4.68. The minimum absolute atomic E-state index is 0.0764. The molecule has 0 saturated heterocycles. The molecule has 0 saturated carbocycles. The molecule has 0 fully saturated rings. The predicted octanol–water partition coefficient (Wildman–Crippen LogP) is -0.686. The molecule has 2 atom stereocenters. The van der Waals surface area contributed by atoms with Crippen LogP contribution in [-0.4, -0.2) is 40.3 Å². The molecular formula is C10H12N2O5. The van der Waals surface area contributed by atoms with Crippen molar-refractivity contribution in [3.05, 3.63) is 29.6 Å². The van der Waals surface area contributed by atoms with E-state index in [1.165, 1.54) is 25.4 Å². The number of carbonyl (C=O) groups excluding carboxylic acids is 1. The van der Waals surface area contributed by atoms with Crippen LogP contribution in [-0.2, 0) is 9.53 Å². The first-order valence-electron chi connectivity index (χ1n) is 4.68. The number of aliphatic hydroxyl groups excluding tert-OH is 1. The van der Waals surface area contributed by atoms with Crippen molar-refractivity contribution in [2.45, 2.75) is 12.1 Å². The lowest BCUT2D eigenvalue weighted by molar-refractivity contribution is -0.141. The average Bonchev–Trinajstić information content (AvgIpc) is 2.36. The Bertz CT molecular complexity index is 417. The Morgan fingerprint density at radius 1 is 1.47 bits per heavy atom. The second kappa shape index (κ2) is 5.37. The lowest BCUT2D eigenvalue weighted by atomic mass is 10.1. The lowest BCUT2D eigenvalue weighted by Gasteiger charge is -2.14. The monoisotopic (exact) mass is 240 g/mol. The first kappa shape index (κ1) is 13.1. The molecule has 1 rings (SSSR count). The van der Waals surface area contributed by atoms with Crippen LogP contribution in [0.3, 0.4) is 0 Å². The van der Waals surface area contributed by atoms with Gasteiger partial charge in [0.2, 0.25) is 0 Å². The Balaban J connectivity index is 2.87. The van der Waals surface area contributed by atoms with E-state index in [-0.39, 0.29) is 11.3 Å². The van der Waals surface area contributed by atoms with Crippen LogP contribution in [0.1, 0.15) is 22.2 Å². The summed E-state index contributed by atoms with van der Waals surface area (Å²) in [5.41, 5.74) is 5.51. The van der Waals surface area contributed by atoms with Gasteiger partial charge < -0.3 is 20.7 Å². The molecule has 7 heteroatoms. The van der Waals surface area contributed by atoms with E-state index in [2.05, 4.69) is 9.72 Å². The fraction of sp³-hybridized carbons (Fsp3) is 0.300. The number of carbonyl (C=O) groups is 2. The predicted molar refractivity (Wildman–Crippen MR) is 56.1 cm³/mol. The largest absolute Gasteiger partial charge is 0.480 e. The number of carboxylic acid groups (broad SMARTS) is 1. The van der Waals surface area contributed by atoms with Crippen LogP contribution in [0.4, 0.5) is 0 Å². The first-order chi connectivity index (χ1) is 7.97. The molecule has 4 N–H and O–H groups in total. The minimum Gasteiger partial charge on any atom is -0.480 e. The van der Waals surface area contributed by atoms with E-state index in [1.807, 2.05) is 0 Å². The van der Waals surface area contributed by atoms with Crippen LogP contribution in [0.15, 0.2) is 18.3 Å². The lowest BCUT2D eigenvalue weighted by Crippen LogP contribution is -2.36. The van der Waals surface area contributed by atoms with Gasteiger partial charge in [0.15, 0.2) is 0 Å². The molecule has 0 amide bonds. The zero-order valence-corrected chi connectivity index (χ0v) is 9.03. The molecule has 1 aromatic heterocycles. The maximum Gasteiger partial charge on any atom is 0.339 e. The molecular weight excluding hydrogens is 228 g/mol. The van der Waals surface area contributed by atoms with Gasteiger partial charge in [-0.05, 0) is 12.1 Å². The molecule has 1 heterocycles. The van der Waals surface area contributed by atoms with E-state index < -0.39 is 24.1 Å². The molecule has 0 aliphatic heterocycles. The fourth-order valence-electron chi connectivity index (χ4n) is 1.14. The van der Waals surface area contributed by atoms with Gasteiger partial charge in [0.1, 0.15) is 12.1 Å². The quantitative estimate of drug-likeness (QED) is 0.595. The van der Waals surface area contributed by atoms with E-state index >= 15 is 0 Å². The van der Waals surface area contributed by atoms with E-state index in [1.54, 1.807) is 0 Å². The number of nitrogens with zero attached hydrogens (tertiary/aromatic N) is 1. The van der Waals surface area contributed by atoms with Crippen molar-refractivity contribution in [1.29, 1.82) is 0 Å². The van der Waals surface area contributed by atoms with Gasteiger partial charge in [0.25, 0.3) is 0 Å². The average molecular weight is 240 g/mol. The molecule has 0 bridgehead atoms. The highest BCUT2D eigenvalue weighted by atomic mass is 16.5. The molecule has 0 radical (unpaired) electrons. The van der Waals surface area contributed by atoms with Crippen LogP contribution in [0, 0.1) is 0 Å². The molecule has 17 heavy (non-hydrogen) atoms. The topological polar surface area (TPSA) is 123 Å². The van der Waals surface area contributed by atoms with Gasteiger partial charge in [-0.2, -0.15) is 0 Å². The highest BCUT2D eigenvalue weighted by Crippen LogP contribution is 2.14. The molecule has 0 spiro atoms. The van der Waals surface area contributed by atoms with Gasteiger partial charge in [-0.1, -0.05) is 0 Å². The molecule has 0 aliphatic rings. The van der Waals surface area contributed by atoms with Crippen molar-refractivity contribution in [1.82, 2.24) is 4.98 Å². The number of pyridine rings is 1. The van der Waals surface area contributed by atoms with Gasteiger partial charge in [0.05, 0.1) is 18.4 Å². The van der Waals surface area contributed by atoms with Crippen molar-refractivity contribution in [3.8, 4) is 0 Å². The van der Waals surface area contributed by atoms with Crippen molar-refractivity contribution >= 4 is 11.9 Å². The second-order valence-electron chi connectivity index (χ2n) is 3.27. The van der Waals surface area contributed by atoms with Crippen molar-refractivity contribution in [2.24, 2.45) is 5.73 Å². The summed E-state index contributed by atoms with van der Waals surface area (Å²) in [6, 6.07) is 1.22.